The second-order valence-electron chi connectivity index (χ2n) is 4.18. The number of rotatable bonds is 8. The lowest BCUT2D eigenvalue weighted by molar-refractivity contribution is -0.113. The maximum Gasteiger partial charge on any atom is 0.234 e. The van der Waals surface area contributed by atoms with Gasteiger partial charge in [-0.25, -0.2) is 4.98 Å². The van der Waals surface area contributed by atoms with E-state index in [4.69, 9.17) is 10.5 Å². The zero-order valence-electron chi connectivity index (χ0n) is 11.5. The number of amides is 1. The molecule has 2 aromatic rings. The van der Waals surface area contributed by atoms with Crippen LogP contribution in [0.25, 0.3) is 0 Å². The number of nitrogens with one attached hydrogen (secondary N) is 1. The number of nitrogens with zero attached hydrogens (tertiary/aromatic N) is 1. The summed E-state index contributed by atoms with van der Waals surface area (Å²) in [5, 5.41) is 4.84. The normalized spacial score (nSPS) is 10.3. The molecule has 0 bridgehead atoms. The highest BCUT2D eigenvalue weighted by Crippen LogP contribution is 2.17. The van der Waals surface area contributed by atoms with Crippen molar-refractivity contribution in [3.63, 3.8) is 0 Å². The van der Waals surface area contributed by atoms with Crippen molar-refractivity contribution < 1.29 is 9.53 Å². The number of carbonyl (C=O) groups is 1. The van der Waals surface area contributed by atoms with Crippen molar-refractivity contribution in [3.05, 3.63) is 40.8 Å². The first-order valence-electron chi connectivity index (χ1n) is 6.45. The first-order chi connectivity index (χ1) is 10.3. The average Bonchev–Trinajstić information content (AvgIpc) is 3.00. The van der Waals surface area contributed by atoms with Gasteiger partial charge in [0.05, 0.1) is 17.0 Å². The smallest absolute Gasteiger partial charge is 0.234 e. The van der Waals surface area contributed by atoms with Crippen molar-refractivity contribution >= 4 is 34.7 Å². The number of thiazole rings is 1. The maximum atomic E-state index is 11.8. The van der Waals surface area contributed by atoms with E-state index in [0.717, 1.165) is 22.9 Å². The molecule has 0 saturated heterocycles. The Morgan fingerprint density at radius 3 is 2.86 bits per heavy atom. The highest BCUT2D eigenvalue weighted by molar-refractivity contribution is 7.99. The van der Waals surface area contributed by atoms with Gasteiger partial charge in [-0.3, -0.25) is 4.79 Å². The fourth-order valence-corrected chi connectivity index (χ4v) is 2.96. The zero-order valence-corrected chi connectivity index (χ0v) is 13.1. The highest BCUT2D eigenvalue weighted by Gasteiger charge is 2.04. The maximum absolute atomic E-state index is 11.8. The molecule has 0 aliphatic heterocycles. The Hall–Kier alpha value is -1.57. The van der Waals surface area contributed by atoms with Crippen LogP contribution >= 0.6 is 23.1 Å². The largest absolute Gasteiger partial charge is 0.492 e. The molecule has 1 aromatic carbocycles. The summed E-state index contributed by atoms with van der Waals surface area (Å²) in [5.74, 6) is 1.88. The summed E-state index contributed by atoms with van der Waals surface area (Å²) in [7, 11) is 0. The molecular weight excluding hydrogens is 306 g/mol. The number of carbonyl (C=O) groups excluding carboxylic acids is 1. The van der Waals surface area contributed by atoms with E-state index in [-0.39, 0.29) is 5.91 Å². The van der Waals surface area contributed by atoms with Gasteiger partial charge >= 0.3 is 0 Å². The Morgan fingerprint density at radius 1 is 1.38 bits per heavy atom. The van der Waals surface area contributed by atoms with Gasteiger partial charge in [0.15, 0.2) is 0 Å². The number of anilines is 1. The van der Waals surface area contributed by atoms with Crippen LogP contribution in [0.1, 0.15) is 5.69 Å². The lowest BCUT2D eigenvalue weighted by Crippen LogP contribution is -2.14. The van der Waals surface area contributed by atoms with Crippen LogP contribution in [0, 0.1) is 0 Å². The Morgan fingerprint density at radius 2 is 2.19 bits per heavy atom. The van der Waals surface area contributed by atoms with Gasteiger partial charge in [0.2, 0.25) is 5.91 Å². The van der Waals surface area contributed by atoms with Crippen molar-refractivity contribution in [2.45, 2.75) is 5.75 Å². The molecule has 112 valence electrons. The summed E-state index contributed by atoms with van der Waals surface area (Å²) in [6, 6.07) is 7.26. The van der Waals surface area contributed by atoms with Gasteiger partial charge in [0.25, 0.3) is 0 Å². The minimum Gasteiger partial charge on any atom is -0.492 e. The van der Waals surface area contributed by atoms with E-state index in [0.29, 0.717) is 18.9 Å². The molecule has 5 nitrogen and oxygen atoms in total. The van der Waals surface area contributed by atoms with Crippen LogP contribution < -0.4 is 15.8 Å². The molecule has 0 radical (unpaired) electrons. The van der Waals surface area contributed by atoms with E-state index < -0.39 is 0 Å². The predicted molar refractivity (Wildman–Crippen MR) is 87.9 cm³/mol. The monoisotopic (exact) mass is 323 g/mol. The average molecular weight is 323 g/mol. The molecule has 7 heteroatoms. The van der Waals surface area contributed by atoms with Crippen LogP contribution in [0.3, 0.4) is 0 Å². The van der Waals surface area contributed by atoms with Gasteiger partial charge in [0.1, 0.15) is 12.4 Å². The van der Waals surface area contributed by atoms with Crippen LogP contribution in [0.2, 0.25) is 0 Å². The van der Waals surface area contributed by atoms with Crippen LogP contribution in [0.5, 0.6) is 5.75 Å². The van der Waals surface area contributed by atoms with Crippen LogP contribution in [0.4, 0.5) is 5.69 Å². The SMILES string of the molecule is NCCOc1ccc(NC(=O)CSCc2cscn2)cc1. The third-order valence-electron chi connectivity index (χ3n) is 2.49. The quantitative estimate of drug-likeness (QED) is 0.780. The second-order valence-corrected chi connectivity index (χ2v) is 5.89. The molecule has 0 fully saturated rings. The fourth-order valence-electron chi connectivity index (χ4n) is 1.57. The van der Waals surface area contributed by atoms with Crippen molar-refractivity contribution in [1.82, 2.24) is 4.98 Å². The Balaban J connectivity index is 1.71. The first kappa shape index (κ1) is 15.8. The van der Waals surface area contributed by atoms with Gasteiger partial charge in [0, 0.05) is 23.4 Å². The number of ether oxygens (including phenoxy) is 1. The molecule has 1 aromatic heterocycles. The first-order valence-corrected chi connectivity index (χ1v) is 8.55. The van der Waals surface area contributed by atoms with Crippen molar-refractivity contribution in [2.24, 2.45) is 5.73 Å². The lowest BCUT2D eigenvalue weighted by Gasteiger charge is -2.07. The van der Waals surface area contributed by atoms with Crippen molar-refractivity contribution in [1.29, 1.82) is 0 Å². The van der Waals surface area contributed by atoms with Crippen molar-refractivity contribution in [2.75, 3.05) is 24.2 Å². The molecule has 0 saturated carbocycles. The van der Waals surface area contributed by atoms with E-state index in [1.54, 1.807) is 28.6 Å². The molecule has 0 spiro atoms. The van der Waals surface area contributed by atoms with Gasteiger partial charge in [-0.05, 0) is 24.3 Å². The Kier molecular flexibility index (Phi) is 6.52. The number of benzene rings is 1. The Bertz CT molecular complexity index is 544. The summed E-state index contributed by atoms with van der Waals surface area (Å²) in [5.41, 5.74) is 8.93. The standard InChI is InChI=1S/C14H17N3O2S2/c15-5-6-19-13-3-1-11(2-4-13)17-14(18)9-20-7-12-8-21-10-16-12/h1-4,8,10H,5-7,9,15H2,(H,17,18). The molecular formula is C14H17N3O2S2. The molecule has 2 rings (SSSR count). The number of hydrogen-bond acceptors (Lipinski definition) is 6. The Labute approximate surface area is 131 Å². The van der Waals surface area contributed by atoms with E-state index in [1.807, 2.05) is 29.6 Å². The van der Waals surface area contributed by atoms with E-state index in [1.165, 1.54) is 0 Å². The van der Waals surface area contributed by atoms with Crippen LogP contribution in [0.15, 0.2) is 35.2 Å². The third kappa shape index (κ3) is 5.74. The van der Waals surface area contributed by atoms with Crippen molar-refractivity contribution in [3.8, 4) is 5.75 Å². The van der Waals surface area contributed by atoms with Crippen LogP contribution in [-0.4, -0.2) is 29.8 Å². The van der Waals surface area contributed by atoms with Gasteiger partial charge < -0.3 is 15.8 Å². The fraction of sp³-hybridized carbons (Fsp3) is 0.286. The molecule has 0 atom stereocenters. The van der Waals surface area contributed by atoms with Crippen LogP contribution in [-0.2, 0) is 10.5 Å². The summed E-state index contributed by atoms with van der Waals surface area (Å²) in [6.07, 6.45) is 0. The molecule has 3 N–H and O–H groups in total. The minimum absolute atomic E-state index is 0.0224. The van der Waals surface area contributed by atoms with Gasteiger partial charge in [-0.15, -0.1) is 23.1 Å². The van der Waals surface area contributed by atoms with Gasteiger partial charge in [-0.2, -0.15) is 0 Å². The molecule has 1 amide bonds. The summed E-state index contributed by atoms with van der Waals surface area (Å²) < 4.78 is 5.37. The van der Waals surface area contributed by atoms with E-state index in [2.05, 4.69) is 10.3 Å². The molecule has 21 heavy (non-hydrogen) atoms. The highest BCUT2D eigenvalue weighted by atomic mass is 32.2. The number of aromatic nitrogens is 1. The van der Waals surface area contributed by atoms with E-state index in [9.17, 15) is 4.79 Å². The molecule has 0 unspecified atom stereocenters. The number of thioether (sulfide) groups is 1. The molecule has 1 heterocycles. The van der Waals surface area contributed by atoms with E-state index >= 15 is 0 Å². The molecule has 0 aliphatic rings. The predicted octanol–water partition coefficient (Wildman–Crippen LogP) is 2.35. The number of hydrogen-bond donors (Lipinski definition) is 2. The summed E-state index contributed by atoms with van der Waals surface area (Å²) in [6.45, 7) is 0.966. The minimum atomic E-state index is -0.0224. The third-order valence-corrected chi connectivity index (χ3v) is 4.09. The molecule has 0 aliphatic carbocycles. The second kappa shape index (κ2) is 8.66. The van der Waals surface area contributed by atoms with Gasteiger partial charge in [-0.1, -0.05) is 0 Å². The summed E-state index contributed by atoms with van der Waals surface area (Å²) >= 11 is 3.11. The number of nitrogens with two attached hydrogens (primary N) is 1. The summed E-state index contributed by atoms with van der Waals surface area (Å²) in [4.78, 5) is 16.0. The lowest BCUT2D eigenvalue weighted by atomic mass is 10.3. The zero-order chi connectivity index (χ0) is 14.9. The topological polar surface area (TPSA) is 77.2 Å².